The standard InChI is InChI=1S/C7H3ClF5NOS/c8-6-2-1-5(14-4-15)3-7(6)16(9,10,11,12)13/h1-3H. The van der Waals surface area contributed by atoms with E-state index in [-0.39, 0.29) is 6.07 Å². The second kappa shape index (κ2) is 2.97. The minimum atomic E-state index is -9.87. The molecule has 0 aliphatic rings. The van der Waals surface area contributed by atoms with Gasteiger partial charge < -0.3 is 0 Å². The zero-order chi connectivity index (χ0) is 12.7. The smallest absolute Gasteiger partial charge is 0.211 e. The van der Waals surface area contributed by atoms with Crippen molar-refractivity contribution >= 4 is 33.6 Å². The Balaban J connectivity index is 3.58. The Morgan fingerprint density at radius 3 is 2.19 bits per heavy atom. The molecule has 1 rings (SSSR count). The van der Waals surface area contributed by atoms with Gasteiger partial charge >= 0.3 is 10.2 Å². The fourth-order valence-electron chi connectivity index (χ4n) is 0.910. The lowest BCUT2D eigenvalue weighted by Crippen LogP contribution is -2.06. The summed E-state index contributed by atoms with van der Waals surface area (Å²) >= 11 is 5.05. The Bertz CT molecular complexity index is 493. The molecular formula is C7H3ClF5NOS. The molecule has 90 valence electrons. The predicted octanol–water partition coefficient (Wildman–Crippen LogP) is 4.96. The number of hydrogen-bond donors (Lipinski definition) is 0. The first-order valence-electron chi connectivity index (χ1n) is 3.55. The van der Waals surface area contributed by atoms with Crippen LogP contribution in [0.1, 0.15) is 0 Å². The highest BCUT2D eigenvalue weighted by atomic mass is 35.5. The number of hydrogen-bond acceptors (Lipinski definition) is 2. The summed E-state index contributed by atoms with van der Waals surface area (Å²) in [5.41, 5.74) is -0.595. The maximum atomic E-state index is 12.4. The van der Waals surface area contributed by atoms with Crippen molar-refractivity contribution in [3.05, 3.63) is 23.2 Å². The maximum absolute atomic E-state index is 12.4. The second-order valence-corrected chi connectivity index (χ2v) is 5.57. The quantitative estimate of drug-likeness (QED) is 0.427. The van der Waals surface area contributed by atoms with E-state index < -0.39 is 25.8 Å². The van der Waals surface area contributed by atoms with Gasteiger partial charge in [-0.15, -0.1) is 0 Å². The van der Waals surface area contributed by atoms with Crippen LogP contribution >= 0.6 is 21.8 Å². The number of halogens is 6. The van der Waals surface area contributed by atoms with Crippen LogP contribution in [-0.4, -0.2) is 6.08 Å². The molecule has 0 saturated carbocycles. The number of isocyanates is 1. The van der Waals surface area contributed by atoms with Gasteiger partial charge in [-0.2, -0.15) is 4.99 Å². The molecule has 0 heterocycles. The van der Waals surface area contributed by atoms with Crippen molar-refractivity contribution in [2.45, 2.75) is 4.90 Å². The third-order valence-electron chi connectivity index (χ3n) is 1.51. The van der Waals surface area contributed by atoms with Gasteiger partial charge in [0.2, 0.25) is 6.08 Å². The molecule has 0 bridgehead atoms. The van der Waals surface area contributed by atoms with Crippen molar-refractivity contribution in [3.63, 3.8) is 0 Å². The number of aliphatic imine (C=N–C) groups is 1. The SMILES string of the molecule is O=C=Nc1ccc(Cl)c(S(F)(F)(F)(F)F)c1. The highest BCUT2D eigenvalue weighted by Gasteiger charge is 2.66. The predicted molar refractivity (Wildman–Crippen MR) is 50.6 cm³/mol. The number of rotatable bonds is 2. The maximum Gasteiger partial charge on any atom is 0.311 e. The van der Waals surface area contributed by atoms with Gasteiger partial charge in [-0.3, -0.25) is 0 Å². The first-order chi connectivity index (χ1) is 6.94. The van der Waals surface area contributed by atoms with Crippen molar-refractivity contribution in [2.24, 2.45) is 4.99 Å². The first kappa shape index (κ1) is 13.0. The van der Waals surface area contributed by atoms with Crippen LogP contribution in [0.4, 0.5) is 25.1 Å². The van der Waals surface area contributed by atoms with Crippen molar-refractivity contribution in [1.82, 2.24) is 0 Å². The highest BCUT2D eigenvalue weighted by Crippen LogP contribution is 3.02. The fraction of sp³-hybridized carbons (Fsp3) is 0. The average Bonchev–Trinajstić information content (AvgIpc) is 2.04. The summed E-state index contributed by atoms with van der Waals surface area (Å²) in [6.07, 6.45) is 0.940. The zero-order valence-electron chi connectivity index (χ0n) is 7.26. The van der Waals surface area contributed by atoms with Gasteiger partial charge in [0.05, 0.1) is 10.7 Å². The zero-order valence-corrected chi connectivity index (χ0v) is 8.84. The number of nitrogens with zero attached hydrogens (tertiary/aromatic N) is 1. The highest BCUT2D eigenvalue weighted by molar-refractivity contribution is 8.45. The first-order valence-corrected chi connectivity index (χ1v) is 5.88. The molecule has 0 N–H and O–H groups in total. The van der Waals surface area contributed by atoms with Gasteiger partial charge in [-0.05, 0) is 18.2 Å². The Hall–Kier alpha value is -1.11. The molecule has 0 spiro atoms. The molecule has 9 heteroatoms. The van der Waals surface area contributed by atoms with Crippen LogP contribution in [0, 0.1) is 0 Å². The summed E-state index contributed by atoms with van der Waals surface area (Å²) in [4.78, 5) is 10.3. The molecule has 1 aromatic rings. The summed E-state index contributed by atoms with van der Waals surface area (Å²) < 4.78 is 62.0. The topological polar surface area (TPSA) is 29.4 Å². The summed E-state index contributed by atoms with van der Waals surface area (Å²) in [6.45, 7) is 0. The molecule has 0 atom stereocenters. The Morgan fingerprint density at radius 1 is 1.19 bits per heavy atom. The van der Waals surface area contributed by atoms with E-state index in [4.69, 9.17) is 11.6 Å². The molecule has 0 saturated heterocycles. The monoisotopic (exact) mass is 279 g/mol. The van der Waals surface area contributed by atoms with Crippen molar-refractivity contribution in [2.75, 3.05) is 0 Å². The lowest BCUT2D eigenvalue weighted by molar-refractivity contribution is 0.364. The molecule has 0 aliphatic carbocycles. The third kappa shape index (κ3) is 2.94. The van der Waals surface area contributed by atoms with E-state index in [2.05, 4.69) is 4.99 Å². The summed E-state index contributed by atoms with van der Waals surface area (Å²) in [5, 5.41) is -1.15. The Kier molecular flexibility index (Phi) is 2.40. The molecule has 0 aromatic heterocycles. The molecule has 2 nitrogen and oxygen atoms in total. The second-order valence-electron chi connectivity index (χ2n) is 2.79. The van der Waals surface area contributed by atoms with Gasteiger partial charge in [0.15, 0.2) is 0 Å². The molecule has 0 radical (unpaired) electrons. The fourth-order valence-corrected chi connectivity index (χ4v) is 2.24. The van der Waals surface area contributed by atoms with Crippen LogP contribution in [0.5, 0.6) is 0 Å². The van der Waals surface area contributed by atoms with E-state index in [1.54, 1.807) is 0 Å². The van der Waals surface area contributed by atoms with Gasteiger partial charge in [-0.1, -0.05) is 31.0 Å². The van der Waals surface area contributed by atoms with Crippen LogP contribution < -0.4 is 0 Å². The van der Waals surface area contributed by atoms with E-state index in [1.807, 2.05) is 0 Å². The van der Waals surface area contributed by atoms with Crippen LogP contribution in [-0.2, 0) is 4.79 Å². The molecule has 0 aliphatic heterocycles. The van der Waals surface area contributed by atoms with E-state index in [0.29, 0.717) is 6.07 Å². The van der Waals surface area contributed by atoms with Gasteiger partial charge in [-0.25, -0.2) is 4.79 Å². The van der Waals surface area contributed by atoms with E-state index in [0.717, 1.165) is 12.1 Å². The average molecular weight is 280 g/mol. The lowest BCUT2D eigenvalue weighted by Gasteiger charge is -2.41. The van der Waals surface area contributed by atoms with Gasteiger partial charge in [0.25, 0.3) is 0 Å². The summed E-state index contributed by atoms with van der Waals surface area (Å²) in [5.74, 6) is 0. The van der Waals surface area contributed by atoms with Gasteiger partial charge in [0, 0.05) is 0 Å². The lowest BCUT2D eigenvalue weighted by atomic mass is 10.3. The van der Waals surface area contributed by atoms with E-state index in [1.165, 1.54) is 0 Å². The summed E-state index contributed by atoms with van der Waals surface area (Å²) in [6, 6.07) is 1.49. The number of carbonyl (C=O) groups excluding carboxylic acids is 1. The number of benzene rings is 1. The van der Waals surface area contributed by atoms with E-state index in [9.17, 15) is 24.2 Å². The minimum absolute atomic E-state index is 0.00872. The van der Waals surface area contributed by atoms with Gasteiger partial charge in [0.1, 0.15) is 4.90 Å². The van der Waals surface area contributed by atoms with E-state index >= 15 is 0 Å². The van der Waals surface area contributed by atoms with Crippen molar-refractivity contribution in [3.8, 4) is 0 Å². The van der Waals surface area contributed by atoms with Crippen LogP contribution in [0.3, 0.4) is 0 Å². The molecular weight excluding hydrogens is 277 g/mol. The van der Waals surface area contributed by atoms with Crippen LogP contribution in [0.2, 0.25) is 5.02 Å². The van der Waals surface area contributed by atoms with Crippen LogP contribution in [0.25, 0.3) is 0 Å². The normalized spacial score (nSPS) is 15.9. The molecule has 1 aromatic carbocycles. The Morgan fingerprint density at radius 2 is 1.75 bits per heavy atom. The van der Waals surface area contributed by atoms with Crippen molar-refractivity contribution < 1.29 is 24.2 Å². The summed E-state index contributed by atoms with van der Waals surface area (Å²) in [7, 11) is -9.87. The molecule has 0 amide bonds. The molecule has 0 fully saturated rings. The van der Waals surface area contributed by atoms with Crippen molar-refractivity contribution in [1.29, 1.82) is 0 Å². The largest absolute Gasteiger partial charge is 0.311 e. The molecule has 0 unspecified atom stereocenters. The minimum Gasteiger partial charge on any atom is -0.211 e. The Labute approximate surface area is 91.5 Å². The third-order valence-corrected chi connectivity index (χ3v) is 3.12. The van der Waals surface area contributed by atoms with Crippen LogP contribution in [0.15, 0.2) is 28.1 Å². The molecule has 16 heavy (non-hydrogen) atoms.